The fourth-order valence-electron chi connectivity index (χ4n) is 15.8. The summed E-state index contributed by atoms with van der Waals surface area (Å²) in [6.45, 7) is 23.0. The molecule has 5 N–H and O–H groups in total. The van der Waals surface area contributed by atoms with E-state index in [2.05, 4.69) is 193 Å². The van der Waals surface area contributed by atoms with Crippen LogP contribution in [-0.4, -0.2) is 160 Å². The van der Waals surface area contributed by atoms with Crippen molar-refractivity contribution < 1.29 is 49.5 Å². The number of nitrogens with zero attached hydrogens (tertiary/aromatic N) is 16. The Morgan fingerprint density at radius 1 is 0.371 bits per heavy atom. The fourth-order valence-corrected chi connectivity index (χ4v) is 20.8. The number of hydrogen-bond donors (Lipinski definition) is 5. The van der Waals surface area contributed by atoms with Gasteiger partial charge in [-0.15, -0.1) is 51.0 Å². The number of aliphatic carboxylic acids is 5. The van der Waals surface area contributed by atoms with Gasteiger partial charge in [-0.1, -0.05) is 192 Å². The number of aryl methyl sites for hydroxylation is 10. The summed E-state index contributed by atoms with van der Waals surface area (Å²) in [6.07, 6.45) is 9.64. The Morgan fingerprint density at radius 2 is 0.710 bits per heavy atom. The molecule has 0 bridgehead atoms. The third-order valence-corrected chi connectivity index (χ3v) is 28.8. The highest BCUT2D eigenvalue weighted by atomic mass is 32.2. The number of fused-ring (bicyclic) bond motifs is 5. The van der Waals surface area contributed by atoms with Crippen LogP contribution in [0, 0.1) is 69.2 Å². The Kier molecular flexibility index (Phi) is 25.4. The van der Waals surface area contributed by atoms with Crippen molar-refractivity contribution in [1.29, 1.82) is 0 Å². The van der Waals surface area contributed by atoms with Crippen LogP contribution in [0.1, 0.15) is 158 Å². The number of benzene rings is 9. The van der Waals surface area contributed by atoms with Gasteiger partial charge in [0.1, 0.15) is 43.4 Å². The van der Waals surface area contributed by atoms with Crippen molar-refractivity contribution in [2.75, 3.05) is 11.5 Å². The summed E-state index contributed by atoms with van der Waals surface area (Å²) in [5.41, 5.74) is 14.1. The third-order valence-electron chi connectivity index (χ3n) is 23.0. The van der Waals surface area contributed by atoms with Crippen LogP contribution in [0.2, 0.25) is 0 Å². The van der Waals surface area contributed by atoms with Gasteiger partial charge in [0.2, 0.25) is 0 Å². The first kappa shape index (κ1) is 87.1. The van der Waals surface area contributed by atoms with Gasteiger partial charge in [0.15, 0.2) is 25.8 Å². The molecule has 4 aliphatic rings. The van der Waals surface area contributed by atoms with Crippen LogP contribution in [0.15, 0.2) is 190 Å². The first-order valence-corrected chi connectivity index (χ1v) is 45.3. The summed E-state index contributed by atoms with van der Waals surface area (Å²) in [5, 5.41) is 102. The average Bonchev–Trinajstić information content (AvgIpc) is 1.62. The van der Waals surface area contributed by atoms with Gasteiger partial charge in [-0.05, 0) is 244 Å². The van der Waals surface area contributed by atoms with Crippen LogP contribution >= 0.6 is 58.8 Å². The van der Waals surface area contributed by atoms with Gasteiger partial charge in [-0.2, -0.15) is 0 Å². The minimum absolute atomic E-state index is 0.0315. The number of carbonyl (C=O) groups is 5. The SMILES string of the molecule is Cc1ccc(-n2c(C)nnc2SC2(C(=O)O)CCC2)c2ccccc12.Cc1ccc(-n2c(C)nnc2SCC(=O)O)c2ccccc12.Cc1ccc2c(C)cc(C)c(-n3c(C)nnc3SC(C)(C)C(=O)O)c2n1.Cc1nnc(SC2(C(=O)O)CCC2)n1-c1ccc(C2CC2)c2ccccc12.Cc1nnc(SCC(=O)O)n1-c1ccc(C2CC2)c2ccccc12. The molecule has 0 radical (unpaired) electrons. The summed E-state index contributed by atoms with van der Waals surface area (Å²) in [5.74, 6) is 0.873. The first-order valence-electron chi connectivity index (χ1n) is 40.9. The van der Waals surface area contributed by atoms with Crippen LogP contribution in [0.25, 0.3) is 82.4 Å². The summed E-state index contributed by atoms with van der Waals surface area (Å²) < 4.78 is 7.23. The van der Waals surface area contributed by atoms with Gasteiger partial charge in [-0.25, -0.2) is 0 Å². The molecule has 636 valence electrons. The second-order valence-electron chi connectivity index (χ2n) is 32.2. The third kappa shape index (κ3) is 17.9. The Balaban J connectivity index is 0.000000120. The zero-order chi connectivity index (χ0) is 87.8. The normalized spacial score (nSPS) is 14.4. The van der Waals surface area contributed by atoms with Crippen LogP contribution < -0.4 is 0 Å². The molecule has 4 aliphatic carbocycles. The van der Waals surface area contributed by atoms with E-state index in [4.69, 9.17) is 15.2 Å². The van der Waals surface area contributed by atoms with Crippen molar-refractivity contribution in [1.82, 2.24) is 78.8 Å². The number of aromatic nitrogens is 16. The monoisotopic (exact) mass is 1750 g/mol. The molecule has 124 heavy (non-hydrogen) atoms. The van der Waals surface area contributed by atoms with Crippen LogP contribution in [0.4, 0.5) is 0 Å². The van der Waals surface area contributed by atoms with E-state index in [0.717, 1.165) is 108 Å². The highest BCUT2D eigenvalue weighted by Gasteiger charge is 2.48. The van der Waals surface area contributed by atoms with Crippen molar-refractivity contribution in [3.05, 3.63) is 232 Å². The van der Waals surface area contributed by atoms with E-state index in [-0.39, 0.29) is 11.5 Å². The smallest absolute Gasteiger partial charge is 0.320 e. The molecule has 26 nitrogen and oxygen atoms in total. The molecule has 4 saturated carbocycles. The van der Waals surface area contributed by atoms with Crippen LogP contribution in [0.5, 0.6) is 0 Å². The lowest BCUT2D eigenvalue weighted by Gasteiger charge is -2.36. The topological polar surface area (TPSA) is 353 Å². The summed E-state index contributed by atoms with van der Waals surface area (Å²) in [6, 6.07) is 56.3. The predicted molar refractivity (Wildman–Crippen MR) is 488 cm³/mol. The molecule has 0 aliphatic heterocycles. The molecular formula is C93H94N16O10S5. The predicted octanol–water partition coefficient (Wildman–Crippen LogP) is 19.8. The Morgan fingerprint density at radius 3 is 1.06 bits per heavy atom. The quantitative estimate of drug-likeness (QED) is 0.0393. The van der Waals surface area contributed by atoms with Gasteiger partial charge >= 0.3 is 29.8 Å². The summed E-state index contributed by atoms with van der Waals surface area (Å²) >= 11 is 6.23. The van der Waals surface area contributed by atoms with Gasteiger partial charge in [-0.3, -0.25) is 51.8 Å². The number of carboxylic acid groups (broad SMARTS) is 5. The maximum atomic E-state index is 11.8. The highest BCUT2D eigenvalue weighted by Crippen LogP contribution is 2.51. The lowest BCUT2D eigenvalue weighted by molar-refractivity contribution is -0.143. The largest absolute Gasteiger partial charge is 0.481 e. The molecule has 0 saturated heterocycles. The Hall–Kier alpha value is -11.8. The molecule has 0 atom stereocenters. The van der Waals surface area contributed by atoms with Crippen LogP contribution in [-0.2, 0) is 24.0 Å². The number of carboxylic acids is 5. The van der Waals surface area contributed by atoms with Gasteiger partial charge in [0, 0.05) is 32.6 Å². The Bertz CT molecular complexity index is 6680. The highest BCUT2D eigenvalue weighted by molar-refractivity contribution is 8.02. The van der Waals surface area contributed by atoms with E-state index < -0.39 is 44.1 Å². The molecule has 4 fully saturated rings. The lowest BCUT2D eigenvalue weighted by atomic mass is 9.84. The van der Waals surface area contributed by atoms with E-state index in [1.807, 2.05) is 114 Å². The number of thioether (sulfide) groups is 5. The van der Waals surface area contributed by atoms with Crippen molar-refractivity contribution in [3.8, 4) is 28.4 Å². The average molecular weight is 1760 g/mol. The second kappa shape index (κ2) is 36.2. The summed E-state index contributed by atoms with van der Waals surface area (Å²) in [7, 11) is 0. The first-order chi connectivity index (χ1) is 59.4. The fraction of sp³-hybridized carbons (Fsp3) is 0.312. The molecule has 0 unspecified atom stereocenters. The van der Waals surface area contributed by atoms with Gasteiger partial charge < -0.3 is 25.5 Å². The van der Waals surface area contributed by atoms with E-state index in [9.17, 15) is 39.3 Å². The van der Waals surface area contributed by atoms with Crippen molar-refractivity contribution >= 4 is 143 Å². The van der Waals surface area contributed by atoms with E-state index >= 15 is 0 Å². The lowest BCUT2D eigenvalue weighted by Crippen LogP contribution is -2.42. The van der Waals surface area contributed by atoms with E-state index in [1.165, 1.54) is 134 Å². The van der Waals surface area contributed by atoms with Crippen molar-refractivity contribution in [3.63, 3.8) is 0 Å². The van der Waals surface area contributed by atoms with Crippen molar-refractivity contribution in [2.24, 2.45) is 0 Å². The standard InChI is InChI=1S/C21H21N3O2S.C19H22N4O2S.C19H19N3O2S.C18H17N3O2S.C16H15N3O2S/c1-13-22-23-20(27-21(19(25)26)11-4-12-21)24(13)18-10-9-15(14-7-8-14)16-5-2-3-6-17(16)18;1-10-9-11(2)16(15-14(10)8-7-12(3)20-15)23-13(4)21-22-18(23)26-19(5,6)17(24)25;1-12-8-9-16(15-7-4-3-6-14(12)15)22-13(2)20-21-18(22)25-19(17(23)24)10-5-11-19;1-11-19-20-18(24-10-17(22)23)21(11)16-9-8-13(12-6-7-12)14-4-2-3-5-15(14)16;1-10-7-8-14(13-6-4-3-5-12(10)13)19-11(2)17-18-16(19)22-9-15(20)21/h2-3,5-6,9-10,14H,4,7-8,11-12H2,1H3,(H,25,26);7-9H,1-6H3,(H,24,25);3-4,6-9H,5,10-11H2,1-2H3,(H,23,24);2-5,8-9,12H,6-7,10H2,1H3,(H,22,23);3-8H,9H2,1-2H3,(H,20,21). The molecular weight excluding hydrogens is 1660 g/mol. The minimum Gasteiger partial charge on any atom is -0.481 e. The maximum Gasteiger partial charge on any atom is 0.320 e. The molecule has 6 heterocycles. The zero-order valence-corrected chi connectivity index (χ0v) is 74.8. The summed E-state index contributed by atoms with van der Waals surface area (Å²) in [4.78, 5) is 61.6. The maximum absolute atomic E-state index is 11.8. The molecule has 6 aromatic heterocycles. The van der Waals surface area contributed by atoms with E-state index in [1.54, 1.807) is 13.8 Å². The minimum atomic E-state index is -1.02. The molecule has 9 aromatic carbocycles. The molecule has 0 amide bonds. The molecule has 31 heteroatoms. The number of hydrogen-bond acceptors (Lipinski definition) is 21. The molecule has 15 aromatic rings. The van der Waals surface area contributed by atoms with E-state index in [0.29, 0.717) is 69.1 Å². The van der Waals surface area contributed by atoms with Gasteiger partial charge in [0.05, 0.1) is 45.5 Å². The Labute approximate surface area is 737 Å². The molecule has 0 spiro atoms. The van der Waals surface area contributed by atoms with Crippen LogP contribution in [0.3, 0.4) is 0 Å². The van der Waals surface area contributed by atoms with Gasteiger partial charge in [0.25, 0.3) is 0 Å². The zero-order valence-electron chi connectivity index (χ0n) is 70.7. The number of pyridine rings is 1. The second-order valence-corrected chi connectivity index (χ2v) is 38.4. The van der Waals surface area contributed by atoms with Crippen molar-refractivity contribution in [2.45, 2.75) is 199 Å². The number of rotatable bonds is 22. The molecule has 19 rings (SSSR count).